The molecule has 1 aliphatic rings. The smallest absolute Gasteiger partial charge is 0.410 e. The summed E-state index contributed by atoms with van der Waals surface area (Å²) in [4.78, 5) is 13.9. The van der Waals surface area contributed by atoms with Gasteiger partial charge < -0.3 is 15.0 Å². The Labute approximate surface area is 122 Å². The number of carbonyl (C=O) groups excluding carboxylic acids is 1. The van der Waals surface area contributed by atoms with Crippen LogP contribution in [-0.4, -0.2) is 47.9 Å². The minimum Gasteiger partial charge on any atom is -0.444 e. The van der Waals surface area contributed by atoms with Gasteiger partial charge in [0.2, 0.25) is 0 Å². The minimum absolute atomic E-state index is 0.0508. The number of carbonyl (C=O) groups is 1. The number of nitrogens with one attached hydrogen (secondary N) is 1. The first-order valence-corrected chi connectivity index (χ1v) is 7.48. The molecule has 1 saturated heterocycles. The Kier molecular flexibility index (Phi) is 5.80. The van der Waals surface area contributed by atoms with Gasteiger partial charge in [-0.3, -0.25) is 0 Å². The molecule has 0 aromatic heterocycles. The summed E-state index contributed by atoms with van der Waals surface area (Å²) in [7, 11) is 0. The average molecular weight is 288 g/mol. The summed E-state index contributed by atoms with van der Waals surface area (Å²) in [5.74, 6) is 0. The molecule has 1 rings (SSSR count). The third-order valence-electron chi connectivity index (χ3n) is 3.16. The lowest BCUT2D eigenvalue weighted by molar-refractivity contribution is 0.00164. The monoisotopic (exact) mass is 288 g/mol. The quantitative estimate of drug-likeness (QED) is 0.867. The number of alkyl halides is 1. The zero-order valence-electron chi connectivity index (χ0n) is 13.5. The highest BCUT2D eigenvalue weighted by Crippen LogP contribution is 2.22. The van der Waals surface area contributed by atoms with E-state index in [1.54, 1.807) is 4.90 Å². The largest absolute Gasteiger partial charge is 0.444 e. The SMILES string of the molecule is CC(C)(F)CN(C(=O)OC(C)(C)C)C1CCCNCC1. The van der Waals surface area contributed by atoms with E-state index in [-0.39, 0.29) is 12.6 Å². The molecular formula is C15H29FN2O2. The summed E-state index contributed by atoms with van der Waals surface area (Å²) in [6.07, 6.45) is 2.32. The van der Waals surface area contributed by atoms with Gasteiger partial charge in [-0.1, -0.05) is 0 Å². The lowest BCUT2D eigenvalue weighted by atomic mass is 10.0. The molecule has 1 unspecified atom stereocenters. The van der Waals surface area contributed by atoms with Crippen LogP contribution in [0.1, 0.15) is 53.9 Å². The van der Waals surface area contributed by atoms with Crippen molar-refractivity contribution in [2.45, 2.75) is 71.2 Å². The Bertz CT molecular complexity index is 313. The normalized spacial score (nSPS) is 21.2. The molecule has 4 nitrogen and oxygen atoms in total. The predicted molar refractivity (Wildman–Crippen MR) is 78.6 cm³/mol. The van der Waals surface area contributed by atoms with Crippen LogP contribution in [0.2, 0.25) is 0 Å². The van der Waals surface area contributed by atoms with Gasteiger partial charge in [0, 0.05) is 6.04 Å². The molecule has 0 saturated carbocycles. The highest BCUT2D eigenvalue weighted by atomic mass is 19.1. The Hall–Kier alpha value is -0.840. The molecule has 0 spiro atoms. The number of amides is 1. The van der Waals surface area contributed by atoms with Crippen LogP contribution in [0.25, 0.3) is 0 Å². The topological polar surface area (TPSA) is 41.6 Å². The molecule has 1 atom stereocenters. The number of hydrogen-bond acceptors (Lipinski definition) is 3. The van der Waals surface area contributed by atoms with Crippen LogP contribution in [0.15, 0.2) is 0 Å². The molecule has 1 amide bonds. The van der Waals surface area contributed by atoms with E-state index in [4.69, 9.17) is 4.74 Å². The van der Waals surface area contributed by atoms with Crippen LogP contribution >= 0.6 is 0 Å². The third-order valence-corrected chi connectivity index (χ3v) is 3.16. The summed E-state index contributed by atoms with van der Waals surface area (Å²) < 4.78 is 19.5. The Morgan fingerprint density at radius 2 is 1.90 bits per heavy atom. The Morgan fingerprint density at radius 1 is 1.25 bits per heavy atom. The van der Waals surface area contributed by atoms with E-state index in [1.807, 2.05) is 20.8 Å². The summed E-state index contributed by atoms with van der Waals surface area (Å²) in [6.45, 7) is 10.4. The number of hydrogen-bond donors (Lipinski definition) is 1. The summed E-state index contributed by atoms with van der Waals surface area (Å²) in [5.41, 5.74) is -1.98. The molecule has 20 heavy (non-hydrogen) atoms. The van der Waals surface area contributed by atoms with Gasteiger partial charge >= 0.3 is 6.09 Å². The van der Waals surface area contributed by atoms with E-state index >= 15 is 0 Å². The van der Waals surface area contributed by atoms with Gasteiger partial charge in [0.05, 0.1) is 6.54 Å². The lowest BCUT2D eigenvalue weighted by Crippen LogP contribution is -2.48. The Balaban J connectivity index is 2.80. The van der Waals surface area contributed by atoms with E-state index in [9.17, 15) is 9.18 Å². The molecule has 0 aromatic carbocycles. The van der Waals surface area contributed by atoms with Gasteiger partial charge in [-0.2, -0.15) is 0 Å². The first-order chi connectivity index (χ1) is 9.08. The second kappa shape index (κ2) is 6.74. The van der Waals surface area contributed by atoms with Crippen LogP contribution in [0, 0.1) is 0 Å². The molecule has 5 heteroatoms. The molecule has 0 aliphatic carbocycles. The molecule has 118 valence electrons. The van der Waals surface area contributed by atoms with Crippen LogP contribution in [0.5, 0.6) is 0 Å². The van der Waals surface area contributed by atoms with Gasteiger partial charge in [-0.25, -0.2) is 9.18 Å². The highest BCUT2D eigenvalue weighted by molar-refractivity contribution is 5.68. The molecule has 1 N–H and O–H groups in total. The van der Waals surface area contributed by atoms with Crippen molar-refractivity contribution in [2.24, 2.45) is 0 Å². The lowest BCUT2D eigenvalue weighted by Gasteiger charge is -2.35. The maximum atomic E-state index is 14.0. The van der Waals surface area contributed by atoms with E-state index in [0.29, 0.717) is 0 Å². The van der Waals surface area contributed by atoms with Crippen molar-refractivity contribution in [2.75, 3.05) is 19.6 Å². The van der Waals surface area contributed by atoms with Crippen molar-refractivity contribution in [3.8, 4) is 0 Å². The fraction of sp³-hybridized carbons (Fsp3) is 0.933. The molecule has 1 aliphatic heterocycles. The van der Waals surface area contributed by atoms with Crippen LogP contribution in [0.4, 0.5) is 9.18 Å². The first-order valence-electron chi connectivity index (χ1n) is 7.48. The molecular weight excluding hydrogens is 259 g/mol. The van der Waals surface area contributed by atoms with Crippen LogP contribution < -0.4 is 5.32 Å². The standard InChI is InChI=1S/C15H29FN2O2/c1-14(2,3)20-13(19)18(11-15(4,5)16)12-7-6-9-17-10-8-12/h12,17H,6-11H2,1-5H3. The first kappa shape index (κ1) is 17.2. The number of nitrogens with zero attached hydrogens (tertiary/aromatic N) is 1. The molecule has 0 aromatic rings. The van der Waals surface area contributed by atoms with Crippen molar-refractivity contribution in [3.05, 3.63) is 0 Å². The van der Waals surface area contributed by atoms with E-state index in [1.165, 1.54) is 13.8 Å². The maximum absolute atomic E-state index is 14.0. The molecule has 0 radical (unpaired) electrons. The maximum Gasteiger partial charge on any atom is 0.410 e. The third kappa shape index (κ3) is 6.55. The van der Waals surface area contributed by atoms with Crippen LogP contribution in [0.3, 0.4) is 0 Å². The van der Waals surface area contributed by atoms with Gasteiger partial charge in [-0.05, 0) is 67.0 Å². The number of rotatable bonds is 3. The summed E-state index contributed by atoms with van der Waals surface area (Å²) >= 11 is 0. The predicted octanol–water partition coefficient (Wildman–Crippen LogP) is 3.11. The van der Waals surface area contributed by atoms with Gasteiger partial charge in [0.25, 0.3) is 0 Å². The number of halogens is 1. The van der Waals surface area contributed by atoms with Gasteiger partial charge in [0.1, 0.15) is 11.3 Å². The second-order valence-corrected chi connectivity index (χ2v) is 7.16. The molecule has 1 heterocycles. The zero-order valence-corrected chi connectivity index (χ0v) is 13.5. The second-order valence-electron chi connectivity index (χ2n) is 7.16. The summed E-state index contributed by atoms with van der Waals surface area (Å²) in [5, 5.41) is 3.31. The van der Waals surface area contributed by atoms with Gasteiger partial charge in [0.15, 0.2) is 0 Å². The van der Waals surface area contributed by atoms with Crippen molar-refractivity contribution < 1.29 is 13.9 Å². The number of ether oxygens (including phenoxy) is 1. The average Bonchev–Trinajstić information content (AvgIpc) is 2.50. The Morgan fingerprint density at radius 3 is 2.45 bits per heavy atom. The molecule has 1 fully saturated rings. The fourth-order valence-electron chi connectivity index (χ4n) is 2.38. The van der Waals surface area contributed by atoms with E-state index < -0.39 is 17.4 Å². The highest BCUT2D eigenvalue weighted by Gasteiger charge is 2.33. The van der Waals surface area contributed by atoms with Crippen molar-refractivity contribution in [3.63, 3.8) is 0 Å². The fourth-order valence-corrected chi connectivity index (χ4v) is 2.38. The summed E-state index contributed by atoms with van der Waals surface area (Å²) in [6, 6.07) is 0.0508. The zero-order chi connectivity index (χ0) is 15.4. The van der Waals surface area contributed by atoms with Gasteiger partial charge in [-0.15, -0.1) is 0 Å². The van der Waals surface area contributed by atoms with Crippen LogP contribution in [-0.2, 0) is 4.74 Å². The molecule has 0 bridgehead atoms. The minimum atomic E-state index is -1.42. The van der Waals surface area contributed by atoms with Crippen molar-refractivity contribution in [1.29, 1.82) is 0 Å². The van der Waals surface area contributed by atoms with E-state index in [0.717, 1.165) is 32.4 Å². The van der Waals surface area contributed by atoms with E-state index in [2.05, 4.69) is 5.32 Å². The van der Waals surface area contributed by atoms with Crippen molar-refractivity contribution in [1.82, 2.24) is 10.2 Å². The van der Waals surface area contributed by atoms with Crippen molar-refractivity contribution >= 4 is 6.09 Å².